The van der Waals surface area contributed by atoms with Gasteiger partial charge in [0.25, 0.3) is 0 Å². The quantitative estimate of drug-likeness (QED) is 0.945. The molecule has 2 amide bonds. The Morgan fingerprint density at radius 2 is 2.32 bits per heavy atom. The zero-order chi connectivity index (χ0) is 14.9. The molecule has 2 aromatic rings. The summed E-state index contributed by atoms with van der Waals surface area (Å²) in [7, 11) is 0. The molecule has 0 aliphatic carbocycles. The number of hydrogen-bond acceptors (Lipinski definition) is 4. The lowest BCUT2D eigenvalue weighted by Gasteiger charge is -2.24. The number of aromatic nitrogens is 3. The van der Waals surface area contributed by atoms with Crippen LogP contribution in [0, 0.1) is 0 Å². The molecule has 1 fully saturated rings. The van der Waals surface area contributed by atoms with Crippen LogP contribution in [0.15, 0.2) is 16.8 Å². The van der Waals surface area contributed by atoms with E-state index < -0.39 is 0 Å². The summed E-state index contributed by atoms with van der Waals surface area (Å²) in [5.41, 5.74) is 1.25. The van der Waals surface area contributed by atoms with Crippen LogP contribution < -0.4 is 5.32 Å². The van der Waals surface area contributed by atoms with Crippen LogP contribution in [-0.2, 0) is 19.5 Å². The van der Waals surface area contributed by atoms with E-state index in [0.29, 0.717) is 6.54 Å². The minimum absolute atomic E-state index is 0.00375. The molecule has 4 rings (SSSR count). The summed E-state index contributed by atoms with van der Waals surface area (Å²) in [6.07, 6.45) is 4.23. The van der Waals surface area contributed by atoms with E-state index in [1.165, 1.54) is 5.56 Å². The SMILES string of the molecule is O=C(NCc1nnc2n1CCC2)N1CCC[C@@H]1c1ccsc1. The first-order valence-electron chi connectivity index (χ1n) is 7.80. The molecule has 22 heavy (non-hydrogen) atoms. The Hall–Kier alpha value is -1.89. The Morgan fingerprint density at radius 1 is 1.36 bits per heavy atom. The van der Waals surface area contributed by atoms with E-state index in [9.17, 15) is 4.79 Å². The monoisotopic (exact) mass is 317 g/mol. The lowest BCUT2D eigenvalue weighted by atomic mass is 10.1. The molecule has 116 valence electrons. The summed E-state index contributed by atoms with van der Waals surface area (Å²) in [6, 6.07) is 2.34. The first-order chi connectivity index (χ1) is 10.8. The Balaban J connectivity index is 1.41. The number of amides is 2. The van der Waals surface area contributed by atoms with Crippen molar-refractivity contribution >= 4 is 17.4 Å². The number of rotatable bonds is 3. The molecule has 6 nitrogen and oxygen atoms in total. The van der Waals surface area contributed by atoms with E-state index in [2.05, 4.69) is 36.9 Å². The number of fused-ring (bicyclic) bond motifs is 1. The topological polar surface area (TPSA) is 63.1 Å². The summed E-state index contributed by atoms with van der Waals surface area (Å²) in [6.45, 7) is 2.25. The van der Waals surface area contributed by atoms with Crippen molar-refractivity contribution in [3.05, 3.63) is 34.0 Å². The molecule has 0 unspecified atom stereocenters. The Labute approximate surface area is 133 Å². The number of carbonyl (C=O) groups excluding carboxylic acids is 1. The average Bonchev–Trinajstić information content (AvgIpc) is 3.28. The van der Waals surface area contributed by atoms with Crippen LogP contribution in [0.4, 0.5) is 4.79 Å². The fourth-order valence-corrected chi connectivity index (χ4v) is 4.13. The van der Waals surface area contributed by atoms with Crippen molar-refractivity contribution in [1.29, 1.82) is 0 Å². The maximum atomic E-state index is 12.5. The van der Waals surface area contributed by atoms with Gasteiger partial charge in [-0.1, -0.05) is 0 Å². The molecule has 0 spiro atoms. The second-order valence-electron chi connectivity index (χ2n) is 5.85. The fraction of sp³-hybridized carbons (Fsp3) is 0.533. The summed E-state index contributed by atoms with van der Waals surface area (Å²) < 4.78 is 2.13. The van der Waals surface area contributed by atoms with Gasteiger partial charge in [0.1, 0.15) is 5.82 Å². The normalized spacial score (nSPS) is 20.4. The van der Waals surface area contributed by atoms with Gasteiger partial charge in [-0.15, -0.1) is 10.2 Å². The first kappa shape index (κ1) is 13.8. The van der Waals surface area contributed by atoms with Crippen molar-refractivity contribution in [2.45, 2.75) is 44.8 Å². The van der Waals surface area contributed by atoms with E-state index in [1.807, 2.05) is 4.90 Å². The van der Waals surface area contributed by atoms with Crippen molar-refractivity contribution in [1.82, 2.24) is 25.0 Å². The predicted molar refractivity (Wildman–Crippen MR) is 83.6 cm³/mol. The summed E-state index contributed by atoms with van der Waals surface area (Å²) in [5.74, 6) is 1.91. The van der Waals surface area contributed by atoms with Crippen molar-refractivity contribution < 1.29 is 4.79 Å². The van der Waals surface area contributed by atoms with Gasteiger partial charge in [0.05, 0.1) is 12.6 Å². The van der Waals surface area contributed by atoms with Gasteiger partial charge in [0.15, 0.2) is 5.82 Å². The lowest BCUT2D eigenvalue weighted by Crippen LogP contribution is -2.39. The molecule has 4 heterocycles. The summed E-state index contributed by atoms with van der Waals surface area (Å²) in [4.78, 5) is 14.5. The van der Waals surface area contributed by atoms with Gasteiger partial charge in [0, 0.05) is 19.5 Å². The minimum Gasteiger partial charge on any atom is -0.331 e. The van der Waals surface area contributed by atoms with Crippen molar-refractivity contribution in [3.63, 3.8) is 0 Å². The maximum absolute atomic E-state index is 12.5. The van der Waals surface area contributed by atoms with E-state index in [0.717, 1.165) is 50.4 Å². The highest BCUT2D eigenvalue weighted by Gasteiger charge is 2.30. The maximum Gasteiger partial charge on any atom is 0.318 e. The second kappa shape index (κ2) is 5.72. The Bertz CT molecular complexity index is 666. The molecule has 0 bridgehead atoms. The highest BCUT2D eigenvalue weighted by atomic mass is 32.1. The van der Waals surface area contributed by atoms with Gasteiger partial charge in [0.2, 0.25) is 0 Å². The molecular formula is C15H19N5OS. The Kier molecular flexibility index (Phi) is 3.57. The molecule has 1 saturated heterocycles. The molecule has 0 radical (unpaired) electrons. The largest absolute Gasteiger partial charge is 0.331 e. The van der Waals surface area contributed by atoms with Crippen LogP contribution >= 0.6 is 11.3 Å². The second-order valence-corrected chi connectivity index (χ2v) is 6.63. The molecule has 0 saturated carbocycles. The number of nitrogens with zero attached hydrogens (tertiary/aromatic N) is 4. The van der Waals surface area contributed by atoms with Gasteiger partial charge >= 0.3 is 6.03 Å². The highest BCUT2D eigenvalue weighted by molar-refractivity contribution is 7.07. The predicted octanol–water partition coefficient (Wildman–Crippen LogP) is 2.33. The van der Waals surface area contributed by atoms with E-state index >= 15 is 0 Å². The van der Waals surface area contributed by atoms with Gasteiger partial charge in [-0.2, -0.15) is 11.3 Å². The zero-order valence-electron chi connectivity index (χ0n) is 12.4. The van der Waals surface area contributed by atoms with Crippen molar-refractivity contribution in [3.8, 4) is 0 Å². The van der Waals surface area contributed by atoms with Crippen LogP contribution in [0.25, 0.3) is 0 Å². The molecule has 2 aliphatic heterocycles. The molecule has 0 aromatic carbocycles. The van der Waals surface area contributed by atoms with Crippen molar-refractivity contribution in [2.24, 2.45) is 0 Å². The number of hydrogen-bond donors (Lipinski definition) is 1. The third kappa shape index (κ3) is 2.39. The van der Waals surface area contributed by atoms with Gasteiger partial charge in [-0.05, 0) is 41.7 Å². The number of likely N-dealkylation sites (tertiary alicyclic amines) is 1. The summed E-state index contributed by atoms with van der Waals surface area (Å²) in [5, 5.41) is 15.6. The lowest BCUT2D eigenvalue weighted by molar-refractivity contribution is 0.192. The van der Waals surface area contributed by atoms with Crippen LogP contribution in [0.5, 0.6) is 0 Å². The van der Waals surface area contributed by atoms with Crippen LogP contribution in [0.2, 0.25) is 0 Å². The van der Waals surface area contributed by atoms with Crippen LogP contribution in [-0.4, -0.2) is 32.2 Å². The van der Waals surface area contributed by atoms with E-state index in [-0.39, 0.29) is 12.1 Å². The third-order valence-corrected chi connectivity index (χ3v) is 5.23. The smallest absolute Gasteiger partial charge is 0.318 e. The van der Waals surface area contributed by atoms with Crippen LogP contribution in [0.1, 0.15) is 42.5 Å². The summed E-state index contributed by atoms with van der Waals surface area (Å²) >= 11 is 1.69. The standard InChI is InChI=1S/C15H19N5OS/c21-15(16-9-14-18-17-13-4-2-7-20(13)14)19-6-1-3-12(19)11-5-8-22-10-11/h5,8,10,12H,1-4,6-7,9H2,(H,16,21)/t12-/m1/s1. The molecule has 7 heteroatoms. The average molecular weight is 317 g/mol. The highest BCUT2D eigenvalue weighted by Crippen LogP contribution is 2.32. The molecular weight excluding hydrogens is 298 g/mol. The molecule has 1 atom stereocenters. The molecule has 2 aromatic heterocycles. The number of thiophene rings is 1. The van der Waals surface area contributed by atoms with E-state index in [4.69, 9.17) is 0 Å². The number of nitrogens with one attached hydrogen (secondary N) is 1. The molecule has 2 aliphatic rings. The van der Waals surface area contributed by atoms with Crippen molar-refractivity contribution in [2.75, 3.05) is 6.54 Å². The number of carbonyl (C=O) groups is 1. The first-order valence-corrected chi connectivity index (χ1v) is 8.75. The molecule has 1 N–H and O–H groups in total. The third-order valence-electron chi connectivity index (χ3n) is 4.53. The number of aryl methyl sites for hydroxylation is 1. The van der Waals surface area contributed by atoms with Gasteiger partial charge in [-0.3, -0.25) is 0 Å². The van der Waals surface area contributed by atoms with Gasteiger partial charge in [-0.25, -0.2) is 4.79 Å². The van der Waals surface area contributed by atoms with Gasteiger partial charge < -0.3 is 14.8 Å². The fourth-order valence-electron chi connectivity index (χ4n) is 3.42. The zero-order valence-corrected chi connectivity index (χ0v) is 13.2. The van der Waals surface area contributed by atoms with E-state index in [1.54, 1.807) is 11.3 Å². The Morgan fingerprint density at radius 3 is 3.18 bits per heavy atom. The van der Waals surface area contributed by atoms with Crippen LogP contribution in [0.3, 0.4) is 0 Å². The number of urea groups is 1. The minimum atomic E-state index is 0.00375.